The Morgan fingerprint density at radius 2 is 1.52 bits per heavy atom. The van der Waals surface area contributed by atoms with Crippen LogP contribution < -0.4 is 10.6 Å². The number of anilines is 2. The van der Waals surface area contributed by atoms with Crippen molar-refractivity contribution in [3.8, 4) is 11.4 Å². The van der Waals surface area contributed by atoms with Gasteiger partial charge in [0.15, 0.2) is 5.82 Å². The molecule has 148 valence electrons. The largest absolute Gasteiger partial charge is 0.465 e. The Hall–Kier alpha value is -3.79. The fourth-order valence-electron chi connectivity index (χ4n) is 2.41. The number of hydrogen-bond donors (Lipinski definition) is 2. The van der Waals surface area contributed by atoms with Crippen LogP contribution in [0.5, 0.6) is 0 Å². The molecular weight excluding hydrogens is 396 g/mol. The monoisotopic (exact) mass is 412 g/mol. The zero-order valence-electron chi connectivity index (χ0n) is 15.5. The predicted molar refractivity (Wildman–Crippen MR) is 107 cm³/mol. The SMILES string of the molecule is COC(=O)c1cc(NC(=O)Nc2nc(-c3ccccc3)ns2)cc(C(=O)OC)c1. The molecule has 0 aliphatic rings. The van der Waals surface area contributed by atoms with E-state index < -0.39 is 18.0 Å². The van der Waals surface area contributed by atoms with E-state index in [1.54, 1.807) is 0 Å². The lowest BCUT2D eigenvalue weighted by atomic mass is 10.1. The summed E-state index contributed by atoms with van der Waals surface area (Å²) in [6.07, 6.45) is 0. The van der Waals surface area contributed by atoms with Crippen molar-refractivity contribution in [2.24, 2.45) is 0 Å². The lowest BCUT2D eigenvalue weighted by molar-refractivity contribution is 0.0599. The number of hydrogen-bond acceptors (Lipinski definition) is 8. The minimum Gasteiger partial charge on any atom is -0.465 e. The molecule has 1 heterocycles. The highest BCUT2D eigenvalue weighted by atomic mass is 32.1. The van der Waals surface area contributed by atoms with Crippen molar-refractivity contribution in [3.05, 3.63) is 59.7 Å². The van der Waals surface area contributed by atoms with Crippen LogP contribution in [0.4, 0.5) is 15.6 Å². The summed E-state index contributed by atoms with van der Waals surface area (Å²) in [7, 11) is 2.43. The number of carbonyl (C=O) groups excluding carboxylic acids is 3. The molecule has 0 radical (unpaired) electrons. The Labute approximate surface area is 169 Å². The first-order valence-corrected chi connectivity index (χ1v) is 9.06. The van der Waals surface area contributed by atoms with E-state index in [0.717, 1.165) is 17.1 Å². The highest BCUT2D eigenvalue weighted by molar-refractivity contribution is 7.10. The van der Waals surface area contributed by atoms with E-state index in [1.165, 1.54) is 32.4 Å². The van der Waals surface area contributed by atoms with Crippen molar-refractivity contribution >= 4 is 40.3 Å². The summed E-state index contributed by atoms with van der Waals surface area (Å²) in [6.45, 7) is 0. The fraction of sp³-hybridized carbons (Fsp3) is 0.105. The van der Waals surface area contributed by atoms with Gasteiger partial charge in [0.25, 0.3) is 0 Å². The number of urea groups is 1. The van der Waals surface area contributed by atoms with E-state index in [2.05, 4.69) is 29.5 Å². The molecule has 0 saturated carbocycles. The van der Waals surface area contributed by atoms with Crippen LogP contribution in [-0.2, 0) is 9.47 Å². The molecule has 2 N–H and O–H groups in total. The van der Waals surface area contributed by atoms with Gasteiger partial charge in [-0.05, 0) is 18.2 Å². The standard InChI is InChI=1S/C19H16N4O5S/c1-27-16(24)12-8-13(17(25)28-2)10-14(9-12)20-18(26)22-19-21-15(23-29-19)11-6-4-3-5-7-11/h3-10H,1-2H3,(H2,20,21,22,23,26). The summed E-state index contributed by atoms with van der Waals surface area (Å²) >= 11 is 1.03. The Balaban J connectivity index is 1.75. The van der Waals surface area contributed by atoms with Gasteiger partial charge in [-0.25, -0.2) is 14.4 Å². The third kappa shape index (κ3) is 4.93. The maximum absolute atomic E-state index is 12.3. The molecule has 2 amide bonds. The molecule has 0 atom stereocenters. The molecule has 1 aromatic heterocycles. The van der Waals surface area contributed by atoms with Crippen molar-refractivity contribution in [1.82, 2.24) is 9.36 Å². The number of methoxy groups -OCH3 is 2. The maximum Gasteiger partial charge on any atom is 0.337 e. The molecule has 29 heavy (non-hydrogen) atoms. The van der Waals surface area contributed by atoms with Gasteiger partial charge in [-0.2, -0.15) is 9.36 Å². The second kappa shape index (κ2) is 8.93. The smallest absolute Gasteiger partial charge is 0.337 e. The molecule has 0 aliphatic heterocycles. The van der Waals surface area contributed by atoms with Crippen molar-refractivity contribution in [3.63, 3.8) is 0 Å². The number of carbonyl (C=O) groups is 3. The molecule has 10 heteroatoms. The summed E-state index contributed by atoms with van der Waals surface area (Å²) in [6, 6.07) is 12.8. The van der Waals surface area contributed by atoms with Gasteiger partial charge in [0.2, 0.25) is 5.13 Å². The molecule has 0 spiro atoms. The lowest BCUT2D eigenvalue weighted by Gasteiger charge is -2.09. The van der Waals surface area contributed by atoms with Crippen LogP contribution in [0.15, 0.2) is 48.5 Å². The van der Waals surface area contributed by atoms with Gasteiger partial charge in [0.05, 0.1) is 25.3 Å². The number of aromatic nitrogens is 2. The highest BCUT2D eigenvalue weighted by Crippen LogP contribution is 2.21. The molecular formula is C19H16N4O5S. The van der Waals surface area contributed by atoms with Gasteiger partial charge in [-0.1, -0.05) is 30.3 Å². The van der Waals surface area contributed by atoms with Gasteiger partial charge in [0.1, 0.15) is 0 Å². The topological polar surface area (TPSA) is 120 Å². The number of ether oxygens (including phenoxy) is 2. The van der Waals surface area contributed by atoms with Crippen LogP contribution in [-0.4, -0.2) is 41.5 Å². The minimum atomic E-state index is -0.657. The van der Waals surface area contributed by atoms with Crippen LogP contribution in [0.25, 0.3) is 11.4 Å². The normalized spacial score (nSPS) is 10.1. The summed E-state index contributed by atoms with van der Waals surface area (Å²) in [4.78, 5) is 40.2. The van der Waals surface area contributed by atoms with Crippen LogP contribution in [0.2, 0.25) is 0 Å². The molecule has 0 fully saturated rings. The van der Waals surface area contributed by atoms with Crippen LogP contribution in [0, 0.1) is 0 Å². The Morgan fingerprint density at radius 1 is 0.897 bits per heavy atom. The molecule has 2 aromatic carbocycles. The van der Waals surface area contributed by atoms with E-state index in [-0.39, 0.29) is 16.8 Å². The highest BCUT2D eigenvalue weighted by Gasteiger charge is 2.16. The first-order valence-electron chi connectivity index (χ1n) is 8.29. The van der Waals surface area contributed by atoms with E-state index in [1.807, 2.05) is 30.3 Å². The quantitative estimate of drug-likeness (QED) is 0.616. The van der Waals surface area contributed by atoms with E-state index in [9.17, 15) is 14.4 Å². The number of amides is 2. The molecule has 3 aromatic rings. The Bertz CT molecular complexity index is 1020. The molecule has 0 unspecified atom stereocenters. The first-order chi connectivity index (χ1) is 14.0. The zero-order chi connectivity index (χ0) is 20.8. The van der Waals surface area contributed by atoms with Gasteiger partial charge in [-0.3, -0.25) is 5.32 Å². The number of rotatable bonds is 5. The fourth-order valence-corrected chi connectivity index (χ4v) is 2.99. The lowest BCUT2D eigenvalue weighted by Crippen LogP contribution is -2.20. The number of benzene rings is 2. The molecule has 0 saturated heterocycles. The van der Waals surface area contributed by atoms with Crippen molar-refractivity contribution in [2.75, 3.05) is 24.9 Å². The Morgan fingerprint density at radius 3 is 2.10 bits per heavy atom. The number of esters is 2. The summed E-state index contributed by atoms with van der Waals surface area (Å²) in [5.41, 5.74) is 1.21. The van der Waals surface area contributed by atoms with Gasteiger partial charge in [0, 0.05) is 22.8 Å². The van der Waals surface area contributed by atoms with Crippen molar-refractivity contribution in [2.45, 2.75) is 0 Å². The summed E-state index contributed by atoms with van der Waals surface area (Å²) < 4.78 is 13.5. The second-order valence-electron chi connectivity index (χ2n) is 5.65. The van der Waals surface area contributed by atoms with Gasteiger partial charge < -0.3 is 14.8 Å². The van der Waals surface area contributed by atoms with Gasteiger partial charge >= 0.3 is 18.0 Å². The van der Waals surface area contributed by atoms with Gasteiger partial charge in [-0.15, -0.1) is 0 Å². The first kappa shape index (κ1) is 20.0. The molecule has 3 rings (SSSR count). The van der Waals surface area contributed by atoms with E-state index in [4.69, 9.17) is 0 Å². The zero-order valence-corrected chi connectivity index (χ0v) is 16.3. The number of nitrogens with one attached hydrogen (secondary N) is 2. The third-order valence-electron chi connectivity index (χ3n) is 3.71. The summed E-state index contributed by atoms with van der Waals surface area (Å²) in [5, 5.41) is 5.41. The van der Waals surface area contributed by atoms with Crippen LogP contribution in [0.1, 0.15) is 20.7 Å². The van der Waals surface area contributed by atoms with Crippen LogP contribution in [0.3, 0.4) is 0 Å². The Kier molecular flexibility index (Phi) is 6.15. The maximum atomic E-state index is 12.3. The van der Waals surface area contributed by atoms with Crippen LogP contribution >= 0.6 is 11.5 Å². The molecule has 9 nitrogen and oxygen atoms in total. The predicted octanol–water partition coefficient (Wildman–Crippen LogP) is 3.42. The second-order valence-corrected chi connectivity index (χ2v) is 6.40. The average molecular weight is 412 g/mol. The van der Waals surface area contributed by atoms with Crippen molar-refractivity contribution in [1.29, 1.82) is 0 Å². The molecule has 0 aliphatic carbocycles. The average Bonchev–Trinajstić information content (AvgIpc) is 3.21. The number of nitrogens with zero attached hydrogens (tertiary/aromatic N) is 2. The summed E-state index contributed by atoms with van der Waals surface area (Å²) in [5.74, 6) is -0.821. The third-order valence-corrected chi connectivity index (χ3v) is 4.34. The van der Waals surface area contributed by atoms with E-state index in [0.29, 0.717) is 11.0 Å². The minimum absolute atomic E-state index is 0.0907. The van der Waals surface area contributed by atoms with Crippen molar-refractivity contribution < 1.29 is 23.9 Å². The molecule has 0 bridgehead atoms. The van der Waals surface area contributed by atoms with E-state index >= 15 is 0 Å².